The quantitative estimate of drug-likeness (QED) is 0.546. The summed E-state index contributed by atoms with van der Waals surface area (Å²) in [5.74, 6) is 1.67. The third kappa shape index (κ3) is 2.99. The summed E-state index contributed by atoms with van der Waals surface area (Å²) in [6.07, 6.45) is 4.80. The Bertz CT molecular complexity index is 1010. The highest BCUT2D eigenvalue weighted by Gasteiger charge is 2.55. The smallest absolute Gasteiger partial charge is 0.336 e. The van der Waals surface area contributed by atoms with Gasteiger partial charge < -0.3 is 9.15 Å². The molecular formula is C24H28O4. The van der Waals surface area contributed by atoms with Crippen LogP contribution in [0.15, 0.2) is 51.2 Å². The van der Waals surface area contributed by atoms with E-state index in [0.717, 1.165) is 18.2 Å². The molecule has 4 heteroatoms. The van der Waals surface area contributed by atoms with Crippen LogP contribution in [0.1, 0.15) is 47.0 Å². The van der Waals surface area contributed by atoms with E-state index in [9.17, 15) is 9.59 Å². The van der Waals surface area contributed by atoms with Crippen LogP contribution in [0, 0.1) is 22.7 Å². The molecule has 4 nitrogen and oxygen atoms in total. The maximum absolute atomic E-state index is 12.5. The Balaban J connectivity index is 1.60. The van der Waals surface area contributed by atoms with Crippen molar-refractivity contribution in [1.82, 2.24) is 0 Å². The number of benzene rings is 1. The topological polar surface area (TPSA) is 56.5 Å². The highest BCUT2D eigenvalue weighted by Crippen LogP contribution is 2.58. The van der Waals surface area contributed by atoms with Gasteiger partial charge in [0.15, 0.2) is 0 Å². The van der Waals surface area contributed by atoms with Gasteiger partial charge >= 0.3 is 5.63 Å². The normalized spacial score (nSPS) is 29.3. The van der Waals surface area contributed by atoms with Gasteiger partial charge in [-0.3, -0.25) is 4.79 Å². The first kappa shape index (κ1) is 19.0. The lowest BCUT2D eigenvalue weighted by molar-refractivity contribution is -0.143. The summed E-state index contributed by atoms with van der Waals surface area (Å²) < 4.78 is 11.5. The highest BCUT2D eigenvalue weighted by molar-refractivity contribution is 5.85. The molecule has 2 aliphatic carbocycles. The lowest BCUT2D eigenvalue weighted by Crippen LogP contribution is -2.53. The fourth-order valence-corrected chi connectivity index (χ4v) is 5.48. The van der Waals surface area contributed by atoms with E-state index in [4.69, 9.17) is 9.15 Å². The number of carbonyl (C=O) groups is 1. The summed E-state index contributed by atoms with van der Waals surface area (Å²) in [7, 11) is 0. The second kappa shape index (κ2) is 6.61. The van der Waals surface area contributed by atoms with E-state index in [0.29, 0.717) is 36.1 Å². The molecule has 0 radical (unpaired) electrons. The Labute approximate surface area is 165 Å². The van der Waals surface area contributed by atoms with E-state index in [1.807, 2.05) is 12.1 Å². The van der Waals surface area contributed by atoms with Gasteiger partial charge in [-0.15, -0.1) is 0 Å². The molecule has 1 saturated carbocycles. The van der Waals surface area contributed by atoms with E-state index in [2.05, 4.69) is 33.8 Å². The van der Waals surface area contributed by atoms with Gasteiger partial charge in [0.1, 0.15) is 17.1 Å². The first-order valence-electron chi connectivity index (χ1n) is 10.1. The average molecular weight is 380 g/mol. The van der Waals surface area contributed by atoms with Crippen molar-refractivity contribution < 1.29 is 13.9 Å². The van der Waals surface area contributed by atoms with Gasteiger partial charge in [0, 0.05) is 35.3 Å². The number of carbonyl (C=O) groups excluding carboxylic acids is 1. The van der Waals surface area contributed by atoms with Crippen LogP contribution in [-0.4, -0.2) is 12.4 Å². The molecule has 1 aromatic carbocycles. The zero-order chi connectivity index (χ0) is 20.1. The molecule has 2 aromatic rings. The van der Waals surface area contributed by atoms with Crippen molar-refractivity contribution in [2.75, 3.05) is 6.61 Å². The SMILES string of the molecule is CC1=CCC2C(C)(C)C(=O)CC[C@]2(C)[C@@H]1COc1ccc2ccc(=O)oc2c1. The van der Waals surface area contributed by atoms with Crippen molar-refractivity contribution >= 4 is 16.8 Å². The summed E-state index contributed by atoms with van der Waals surface area (Å²) in [5.41, 5.74) is 1.26. The number of ketones is 1. The molecule has 1 aromatic heterocycles. The lowest BCUT2D eigenvalue weighted by atomic mass is 9.48. The van der Waals surface area contributed by atoms with E-state index in [1.54, 1.807) is 12.1 Å². The van der Waals surface area contributed by atoms with Crippen LogP contribution in [0.4, 0.5) is 0 Å². The van der Waals surface area contributed by atoms with Crippen molar-refractivity contribution in [3.63, 3.8) is 0 Å². The molecule has 3 atom stereocenters. The second-order valence-corrected chi connectivity index (χ2v) is 9.20. The standard InChI is InChI=1S/C24H28O4/c1-15-5-9-20-23(2,3)21(25)11-12-24(20,4)18(15)14-27-17-8-6-16-7-10-22(26)28-19(16)13-17/h5-8,10,13,18,20H,9,11-12,14H2,1-4H3/t18-,20?,24-/m1/s1. The van der Waals surface area contributed by atoms with Crippen LogP contribution in [0.2, 0.25) is 0 Å². The summed E-state index contributed by atoms with van der Waals surface area (Å²) >= 11 is 0. The van der Waals surface area contributed by atoms with E-state index >= 15 is 0 Å². The summed E-state index contributed by atoms with van der Waals surface area (Å²) in [4.78, 5) is 24.0. The number of allylic oxidation sites excluding steroid dienone is 1. The van der Waals surface area contributed by atoms with Crippen molar-refractivity contribution in [1.29, 1.82) is 0 Å². The maximum atomic E-state index is 12.5. The second-order valence-electron chi connectivity index (χ2n) is 9.20. The molecular weight excluding hydrogens is 352 g/mol. The maximum Gasteiger partial charge on any atom is 0.336 e. The Morgan fingerprint density at radius 1 is 1.14 bits per heavy atom. The zero-order valence-corrected chi connectivity index (χ0v) is 17.1. The minimum atomic E-state index is -0.361. The highest BCUT2D eigenvalue weighted by atomic mass is 16.5. The van der Waals surface area contributed by atoms with Crippen LogP contribution in [0.5, 0.6) is 5.75 Å². The first-order chi connectivity index (χ1) is 13.2. The number of ether oxygens (including phenoxy) is 1. The Hall–Kier alpha value is -2.36. The fraction of sp³-hybridized carbons (Fsp3) is 0.500. The van der Waals surface area contributed by atoms with Gasteiger partial charge in [0.05, 0.1) is 6.61 Å². The molecule has 4 rings (SSSR count). The van der Waals surface area contributed by atoms with Crippen molar-refractivity contribution in [3.05, 3.63) is 52.4 Å². The van der Waals surface area contributed by atoms with E-state index in [-0.39, 0.29) is 22.4 Å². The molecule has 0 spiro atoms. The first-order valence-corrected chi connectivity index (χ1v) is 10.1. The number of fused-ring (bicyclic) bond motifs is 2. The Kier molecular flexibility index (Phi) is 4.48. The van der Waals surface area contributed by atoms with Crippen molar-refractivity contribution in [2.45, 2.75) is 47.0 Å². The van der Waals surface area contributed by atoms with E-state index < -0.39 is 0 Å². The molecule has 0 aliphatic heterocycles. The molecule has 28 heavy (non-hydrogen) atoms. The van der Waals surface area contributed by atoms with Gasteiger partial charge in [0.2, 0.25) is 0 Å². The Morgan fingerprint density at radius 2 is 1.89 bits per heavy atom. The molecule has 1 unspecified atom stereocenters. The van der Waals surface area contributed by atoms with Crippen molar-refractivity contribution in [3.8, 4) is 5.75 Å². The predicted octanol–water partition coefficient (Wildman–Crippen LogP) is 5.15. The van der Waals surface area contributed by atoms with E-state index in [1.165, 1.54) is 11.6 Å². The Morgan fingerprint density at radius 3 is 2.68 bits per heavy atom. The minimum absolute atomic E-state index is 0.0413. The van der Waals surface area contributed by atoms with Gasteiger partial charge in [-0.25, -0.2) is 4.79 Å². The molecule has 0 N–H and O–H groups in total. The fourth-order valence-electron chi connectivity index (χ4n) is 5.48. The number of rotatable bonds is 3. The number of hydrogen-bond acceptors (Lipinski definition) is 4. The van der Waals surface area contributed by atoms with Crippen LogP contribution >= 0.6 is 0 Å². The monoisotopic (exact) mass is 380 g/mol. The van der Waals surface area contributed by atoms with Crippen LogP contribution in [-0.2, 0) is 4.79 Å². The molecule has 0 bridgehead atoms. The number of Topliss-reactive ketones (excluding diaryl/α,β-unsaturated/α-hetero) is 1. The van der Waals surface area contributed by atoms with Crippen molar-refractivity contribution in [2.24, 2.45) is 22.7 Å². The summed E-state index contributed by atoms with van der Waals surface area (Å²) in [6.45, 7) is 9.28. The predicted molar refractivity (Wildman–Crippen MR) is 109 cm³/mol. The molecule has 1 heterocycles. The zero-order valence-electron chi connectivity index (χ0n) is 17.1. The van der Waals surface area contributed by atoms with Crippen LogP contribution < -0.4 is 10.4 Å². The molecule has 1 fully saturated rings. The van der Waals surface area contributed by atoms with Gasteiger partial charge in [-0.1, -0.05) is 32.4 Å². The third-order valence-corrected chi connectivity index (χ3v) is 7.31. The van der Waals surface area contributed by atoms with Gasteiger partial charge in [-0.2, -0.15) is 0 Å². The summed E-state index contributed by atoms with van der Waals surface area (Å²) in [6, 6.07) is 8.78. The number of hydrogen-bond donors (Lipinski definition) is 0. The molecule has 0 saturated heterocycles. The molecule has 148 valence electrons. The van der Waals surface area contributed by atoms with Gasteiger partial charge in [0.25, 0.3) is 0 Å². The largest absolute Gasteiger partial charge is 0.493 e. The van der Waals surface area contributed by atoms with Crippen LogP contribution in [0.3, 0.4) is 0 Å². The third-order valence-electron chi connectivity index (χ3n) is 7.31. The molecule has 0 amide bonds. The minimum Gasteiger partial charge on any atom is -0.493 e. The lowest BCUT2D eigenvalue weighted by Gasteiger charge is -2.55. The molecule has 2 aliphatic rings. The van der Waals surface area contributed by atoms with Crippen LogP contribution in [0.25, 0.3) is 11.0 Å². The van der Waals surface area contributed by atoms with Gasteiger partial charge in [-0.05, 0) is 49.3 Å². The summed E-state index contributed by atoms with van der Waals surface area (Å²) in [5, 5.41) is 0.875. The average Bonchev–Trinajstić information content (AvgIpc) is 2.64.